The summed E-state index contributed by atoms with van der Waals surface area (Å²) in [4.78, 5) is 40.3. The summed E-state index contributed by atoms with van der Waals surface area (Å²) in [7, 11) is 1.50. The van der Waals surface area contributed by atoms with Gasteiger partial charge in [0.05, 0.1) is 7.11 Å². The van der Waals surface area contributed by atoms with Crippen LogP contribution in [0, 0.1) is 0 Å². The summed E-state index contributed by atoms with van der Waals surface area (Å²) in [5.41, 5.74) is -0.0431. The number of carbonyl (C=O) groups excluding carboxylic acids is 3. The van der Waals surface area contributed by atoms with Crippen LogP contribution in [-0.4, -0.2) is 56.3 Å². The third-order valence-electron chi connectivity index (χ3n) is 4.88. The molecule has 0 saturated carbocycles. The Bertz CT molecular complexity index is 989. The zero-order valence-electron chi connectivity index (χ0n) is 19.2. The highest BCUT2D eigenvalue weighted by Crippen LogP contribution is 2.30. The van der Waals surface area contributed by atoms with Crippen LogP contribution in [0.5, 0.6) is 5.75 Å². The molecular weight excluding hydrogens is 431 g/mol. The van der Waals surface area contributed by atoms with Gasteiger partial charge in [0.15, 0.2) is 17.6 Å². The lowest BCUT2D eigenvalue weighted by Crippen LogP contribution is -2.55. The molecule has 33 heavy (non-hydrogen) atoms. The van der Waals surface area contributed by atoms with Crippen LogP contribution in [0.1, 0.15) is 36.7 Å². The number of carbonyl (C=O) groups is 3. The Morgan fingerprint density at radius 2 is 2.06 bits per heavy atom. The zero-order valence-corrected chi connectivity index (χ0v) is 19.2. The highest BCUT2D eigenvalue weighted by molar-refractivity contribution is 6.14. The van der Waals surface area contributed by atoms with E-state index in [0.717, 1.165) is 0 Å². The second-order valence-electron chi connectivity index (χ2n) is 6.79. The average Bonchev–Trinajstić information content (AvgIpc) is 3.36. The molecule has 1 saturated heterocycles. The first kappa shape index (κ1) is 25.7. The van der Waals surface area contributed by atoms with Crippen LogP contribution in [-0.2, 0) is 16.1 Å². The molecule has 3 rings (SSSR count). The van der Waals surface area contributed by atoms with Gasteiger partial charge in [0.2, 0.25) is 0 Å². The number of ether oxygens (including phenoxy) is 2. The molecule has 0 bridgehead atoms. The standard InChI is InChI=1S/C21H23FN4O5.C2H6/c1-3-24-16-9-18(31-17(16)6-7-22)21(19(28)25-20(29)26-21)12-23-10-13-4-5-15(30-2)8-14(13)11-27;1-2/h4-6,8-9,11,23H,3,7,10,12H2,1-2H3,(H2,25,26,28,29);1-2H3/b17-6+,24-16?;/t21-;/m0./s1. The molecule has 1 aromatic carbocycles. The third kappa shape index (κ3) is 5.64. The molecule has 0 radical (unpaired) electrons. The van der Waals surface area contributed by atoms with Crippen molar-refractivity contribution >= 4 is 23.9 Å². The molecule has 2 aliphatic heterocycles. The number of aldehydes is 1. The first-order valence-electron chi connectivity index (χ1n) is 10.6. The topological polar surface area (TPSA) is 118 Å². The van der Waals surface area contributed by atoms with Gasteiger partial charge in [0.1, 0.15) is 23.9 Å². The van der Waals surface area contributed by atoms with Crippen LogP contribution in [0.2, 0.25) is 0 Å². The number of nitrogens with one attached hydrogen (secondary N) is 3. The van der Waals surface area contributed by atoms with Crippen LogP contribution >= 0.6 is 0 Å². The number of benzene rings is 1. The Balaban J connectivity index is 0.00000187. The summed E-state index contributed by atoms with van der Waals surface area (Å²) in [5, 5.41) is 7.89. The van der Waals surface area contributed by atoms with Crippen LogP contribution in [0.25, 0.3) is 0 Å². The van der Waals surface area contributed by atoms with E-state index in [4.69, 9.17) is 9.47 Å². The molecule has 178 valence electrons. The fourth-order valence-electron chi connectivity index (χ4n) is 3.35. The van der Waals surface area contributed by atoms with E-state index in [9.17, 15) is 18.8 Å². The van der Waals surface area contributed by atoms with Gasteiger partial charge in [-0.1, -0.05) is 19.9 Å². The minimum atomic E-state index is -1.55. The summed E-state index contributed by atoms with van der Waals surface area (Å²) in [6.45, 7) is 5.67. The number of allylic oxidation sites excluding steroid dienone is 2. The molecular formula is C23H29FN4O5. The van der Waals surface area contributed by atoms with Crippen LogP contribution in [0.4, 0.5) is 9.18 Å². The Morgan fingerprint density at radius 3 is 2.64 bits per heavy atom. The van der Waals surface area contributed by atoms with Crippen molar-refractivity contribution in [3.63, 3.8) is 0 Å². The maximum Gasteiger partial charge on any atom is 0.322 e. The van der Waals surface area contributed by atoms with Crippen molar-refractivity contribution in [2.75, 3.05) is 26.9 Å². The number of alkyl halides is 1. The lowest BCUT2D eigenvalue weighted by molar-refractivity contribution is -0.123. The Morgan fingerprint density at radius 1 is 1.30 bits per heavy atom. The van der Waals surface area contributed by atoms with Crippen molar-refractivity contribution in [2.45, 2.75) is 32.9 Å². The molecule has 3 N–H and O–H groups in total. The lowest BCUT2D eigenvalue weighted by atomic mass is 9.96. The molecule has 1 fully saturated rings. The summed E-state index contributed by atoms with van der Waals surface area (Å²) < 4.78 is 23.7. The molecule has 10 heteroatoms. The Hall–Kier alpha value is -3.53. The predicted octanol–water partition coefficient (Wildman–Crippen LogP) is 2.43. The number of amides is 3. The van der Waals surface area contributed by atoms with Gasteiger partial charge in [0, 0.05) is 31.3 Å². The van der Waals surface area contributed by atoms with Crippen molar-refractivity contribution in [1.29, 1.82) is 0 Å². The molecule has 9 nitrogen and oxygen atoms in total. The molecule has 3 amide bonds. The number of methoxy groups -OCH3 is 1. The molecule has 0 aliphatic carbocycles. The highest BCUT2D eigenvalue weighted by atomic mass is 19.1. The van der Waals surface area contributed by atoms with Crippen LogP contribution in [0.3, 0.4) is 0 Å². The van der Waals surface area contributed by atoms with E-state index in [2.05, 4.69) is 20.9 Å². The highest BCUT2D eigenvalue weighted by Gasteiger charge is 2.52. The SMILES string of the molecule is CC.CCN=C1C=C([C@]2(CNCc3ccc(OC)cc3C=O)NC(=O)NC2=O)O/C1=C/CF. The van der Waals surface area contributed by atoms with Gasteiger partial charge in [-0.05, 0) is 30.7 Å². The van der Waals surface area contributed by atoms with Crippen molar-refractivity contribution in [3.05, 3.63) is 53.0 Å². The fourth-order valence-corrected chi connectivity index (χ4v) is 3.35. The van der Waals surface area contributed by atoms with Crippen molar-refractivity contribution in [2.24, 2.45) is 4.99 Å². The smallest absolute Gasteiger partial charge is 0.322 e. The molecule has 0 unspecified atom stereocenters. The number of aliphatic imine (C=N–C) groups is 1. The second-order valence-corrected chi connectivity index (χ2v) is 6.79. The van der Waals surface area contributed by atoms with E-state index in [0.29, 0.717) is 35.4 Å². The lowest BCUT2D eigenvalue weighted by Gasteiger charge is -2.27. The van der Waals surface area contributed by atoms with Crippen molar-refractivity contribution in [3.8, 4) is 5.75 Å². The maximum atomic E-state index is 12.9. The number of nitrogens with zero attached hydrogens (tertiary/aromatic N) is 1. The van der Waals surface area contributed by atoms with E-state index in [-0.39, 0.29) is 24.6 Å². The number of rotatable bonds is 9. The summed E-state index contributed by atoms with van der Waals surface area (Å²) >= 11 is 0. The fraction of sp³-hybridized carbons (Fsp3) is 0.391. The Kier molecular flexibility index (Phi) is 9.29. The number of halogens is 1. The molecule has 1 atom stereocenters. The van der Waals surface area contributed by atoms with Crippen LogP contribution in [0.15, 0.2) is 46.9 Å². The molecule has 2 heterocycles. The first-order chi connectivity index (χ1) is 16.0. The van der Waals surface area contributed by atoms with Crippen molar-refractivity contribution in [1.82, 2.24) is 16.0 Å². The van der Waals surface area contributed by atoms with Gasteiger partial charge in [0.25, 0.3) is 5.91 Å². The first-order valence-corrected chi connectivity index (χ1v) is 10.6. The number of imide groups is 1. The molecule has 0 aromatic heterocycles. The van der Waals surface area contributed by atoms with E-state index in [1.165, 1.54) is 19.3 Å². The van der Waals surface area contributed by atoms with Crippen LogP contribution < -0.4 is 20.7 Å². The number of urea groups is 1. The molecule has 0 spiro atoms. The van der Waals surface area contributed by atoms with Gasteiger partial charge in [-0.3, -0.25) is 19.9 Å². The normalized spacial score (nSPS) is 21.7. The second kappa shape index (κ2) is 11.9. The third-order valence-corrected chi connectivity index (χ3v) is 4.88. The van der Waals surface area contributed by atoms with E-state index >= 15 is 0 Å². The molecule has 2 aliphatic rings. The van der Waals surface area contributed by atoms with Gasteiger partial charge >= 0.3 is 6.03 Å². The van der Waals surface area contributed by atoms with E-state index in [1.54, 1.807) is 18.2 Å². The Labute approximate surface area is 192 Å². The quantitative estimate of drug-likeness (QED) is 0.385. The monoisotopic (exact) mass is 460 g/mol. The van der Waals surface area contributed by atoms with E-state index < -0.39 is 24.2 Å². The minimum absolute atomic E-state index is 0.0386. The maximum absolute atomic E-state index is 12.9. The van der Waals surface area contributed by atoms with Gasteiger partial charge in [-0.15, -0.1) is 0 Å². The van der Waals surface area contributed by atoms with Gasteiger partial charge < -0.3 is 20.1 Å². The minimum Gasteiger partial charge on any atom is -0.497 e. The van der Waals surface area contributed by atoms with Crippen molar-refractivity contribution < 1.29 is 28.2 Å². The number of hydrogen-bond acceptors (Lipinski definition) is 7. The summed E-state index contributed by atoms with van der Waals surface area (Å²) in [6, 6.07) is 4.38. The summed E-state index contributed by atoms with van der Waals surface area (Å²) in [6.07, 6.45) is 3.44. The number of hydrogen-bond donors (Lipinski definition) is 3. The zero-order chi connectivity index (χ0) is 24.4. The van der Waals surface area contributed by atoms with E-state index in [1.807, 2.05) is 20.8 Å². The molecule has 1 aromatic rings. The van der Waals surface area contributed by atoms with Gasteiger partial charge in [-0.25, -0.2) is 9.18 Å². The largest absolute Gasteiger partial charge is 0.497 e. The predicted molar refractivity (Wildman–Crippen MR) is 122 cm³/mol. The van der Waals surface area contributed by atoms with Gasteiger partial charge in [-0.2, -0.15) is 0 Å². The average molecular weight is 461 g/mol. The summed E-state index contributed by atoms with van der Waals surface area (Å²) in [5.74, 6) is 0.245.